The van der Waals surface area contributed by atoms with Gasteiger partial charge in [0.1, 0.15) is 12.4 Å². The molecule has 4 nitrogen and oxygen atoms in total. The van der Waals surface area contributed by atoms with Crippen LogP contribution < -0.4 is 15.8 Å². The number of nitrogens with one attached hydrogen (secondary N) is 1. The van der Waals surface area contributed by atoms with Gasteiger partial charge in [0.2, 0.25) is 5.91 Å². The lowest BCUT2D eigenvalue weighted by Gasteiger charge is -2.12. The van der Waals surface area contributed by atoms with Crippen LogP contribution in [0.5, 0.6) is 5.75 Å². The third kappa shape index (κ3) is 5.58. The summed E-state index contributed by atoms with van der Waals surface area (Å²) >= 11 is 0. The molecule has 2 rings (SSSR count). The zero-order valence-electron chi connectivity index (χ0n) is 12.6. The van der Waals surface area contributed by atoms with Crippen LogP contribution in [0.1, 0.15) is 17.5 Å². The second-order valence-corrected chi connectivity index (χ2v) is 5.08. The minimum absolute atomic E-state index is 0.290. The normalized spacial score (nSPS) is 10.4. The summed E-state index contributed by atoms with van der Waals surface area (Å²) < 4.78 is 5.84. The molecule has 0 spiro atoms. The molecule has 0 saturated carbocycles. The van der Waals surface area contributed by atoms with Gasteiger partial charge in [0.15, 0.2) is 0 Å². The van der Waals surface area contributed by atoms with Gasteiger partial charge >= 0.3 is 0 Å². The Labute approximate surface area is 131 Å². The van der Waals surface area contributed by atoms with E-state index in [1.54, 1.807) is 0 Å². The zero-order chi connectivity index (χ0) is 15.6. The van der Waals surface area contributed by atoms with E-state index in [2.05, 4.69) is 23.5 Å². The van der Waals surface area contributed by atoms with Crippen molar-refractivity contribution in [3.05, 3.63) is 65.7 Å². The van der Waals surface area contributed by atoms with Crippen molar-refractivity contribution >= 4 is 5.91 Å². The van der Waals surface area contributed by atoms with Gasteiger partial charge in [0, 0.05) is 25.9 Å². The van der Waals surface area contributed by atoms with Crippen LogP contribution in [-0.4, -0.2) is 25.6 Å². The molecule has 2 aromatic rings. The van der Waals surface area contributed by atoms with Gasteiger partial charge in [0.05, 0.1) is 0 Å². The van der Waals surface area contributed by atoms with E-state index in [1.165, 1.54) is 11.1 Å². The Kier molecular flexibility index (Phi) is 6.45. The minimum Gasteiger partial charge on any atom is -0.492 e. The number of ether oxygens (including phenoxy) is 1. The van der Waals surface area contributed by atoms with Gasteiger partial charge in [-0.05, 0) is 17.2 Å². The van der Waals surface area contributed by atoms with Gasteiger partial charge < -0.3 is 15.8 Å². The molecule has 0 aliphatic heterocycles. The number of para-hydroxylation sites is 1. The average molecular weight is 298 g/mol. The third-order valence-electron chi connectivity index (χ3n) is 3.29. The number of carbonyl (C=O) groups excluding carboxylic acids is 1. The van der Waals surface area contributed by atoms with Crippen molar-refractivity contribution < 1.29 is 9.53 Å². The lowest BCUT2D eigenvalue weighted by atomic mass is 10.0. The number of nitrogens with two attached hydrogens (primary N) is 1. The van der Waals surface area contributed by atoms with Crippen molar-refractivity contribution in [2.75, 3.05) is 19.7 Å². The van der Waals surface area contributed by atoms with Gasteiger partial charge in [-0.3, -0.25) is 4.79 Å². The molecule has 0 atom stereocenters. The van der Waals surface area contributed by atoms with E-state index in [0.29, 0.717) is 26.1 Å². The highest BCUT2D eigenvalue weighted by Gasteiger charge is 2.04. The molecule has 0 unspecified atom stereocenters. The molecule has 0 saturated heterocycles. The molecular formula is C18H22N2O2. The van der Waals surface area contributed by atoms with Crippen LogP contribution in [0, 0.1) is 0 Å². The van der Waals surface area contributed by atoms with Gasteiger partial charge in [-0.15, -0.1) is 0 Å². The minimum atomic E-state index is -0.290. The summed E-state index contributed by atoms with van der Waals surface area (Å²) in [5, 5.41) is 3.13. The largest absolute Gasteiger partial charge is 0.492 e. The van der Waals surface area contributed by atoms with Gasteiger partial charge in [-0.2, -0.15) is 0 Å². The molecule has 0 fully saturated rings. The predicted octanol–water partition coefficient (Wildman–Crippen LogP) is 2.12. The van der Waals surface area contributed by atoms with Crippen molar-refractivity contribution in [1.82, 2.24) is 5.32 Å². The van der Waals surface area contributed by atoms with Crippen molar-refractivity contribution in [2.24, 2.45) is 5.73 Å². The Bertz CT molecular complexity index is 585. The summed E-state index contributed by atoms with van der Waals surface area (Å²) in [6.45, 7) is 1.84. The van der Waals surface area contributed by atoms with Crippen molar-refractivity contribution in [1.29, 1.82) is 0 Å². The summed E-state index contributed by atoms with van der Waals surface area (Å²) in [6, 6.07) is 18.4. The lowest BCUT2D eigenvalue weighted by Crippen LogP contribution is -2.26. The van der Waals surface area contributed by atoms with E-state index in [-0.39, 0.29) is 5.91 Å². The Hall–Kier alpha value is -2.33. The van der Waals surface area contributed by atoms with Crippen LogP contribution in [-0.2, 0) is 11.2 Å². The third-order valence-corrected chi connectivity index (χ3v) is 3.29. The first-order chi connectivity index (χ1) is 10.8. The van der Waals surface area contributed by atoms with Crippen LogP contribution in [0.25, 0.3) is 0 Å². The molecule has 22 heavy (non-hydrogen) atoms. The second-order valence-electron chi connectivity index (χ2n) is 5.08. The maximum absolute atomic E-state index is 10.6. The first-order valence-corrected chi connectivity index (χ1v) is 7.49. The Balaban J connectivity index is 1.82. The molecule has 0 bridgehead atoms. The molecule has 116 valence electrons. The summed E-state index contributed by atoms with van der Waals surface area (Å²) in [7, 11) is 0. The number of amides is 1. The van der Waals surface area contributed by atoms with Crippen LogP contribution >= 0.6 is 0 Å². The summed E-state index contributed by atoms with van der Waals surface area (Å²) in [5.41, 5.74) is 7.52. The van der Waals surface area contributed by atoms with E-state index in [9.17, 15) is 4.79 Å². The fourth-order valence-electron chi connectivity index (χ4n) is 2.18. The van der Waals surface area contributed by atoms with E-state index in [0.717, 1.165) is 12.2 Å². The first kappa shape index (κ1) is 16.0. The van der Waals surface area contributed by atoms with Gasteiger partial charge in [-0.25, -0.2) is 0 Å². The fourth-order valence-corrected chi connectivity index (χ4v) is 2.18. The van der Waals surface area contributed by atoms with E-state index >= 15 is 0 Å². The SMILES string of the molecule is NC(=O)CCNCCOc1ccccc1Cc1ccccc1. The number of benzene rings is 2. The maximum Gasteiger partial charge on any atom is 0.218 e. The smallest absolute Gasteiger partial charge is 0.218 e. The molecule has 2 aromatic carbocycles. The molecule has 3 N–H and O–H groups in total. The van der Waals surface area contributed by atoms with E-state index in [1.807, 2.05) is 36.4 Å². The Morgan fingerprint density at radius 2 is 1.73 bits per heavy atom. The molecule has 0 heterocycles. The van der Waals surface area contributed by atoms with Crippen LogP contribution in [0.2, 0.25) is 0 Å². The number of carbonyl (C=O) groups is 1. The van der Waals surface area contributed by atoms with Crippen LogP contribution in [0.4, 0.5) is 0 Å². The number of rotatable bonds is 9. The number of hydrogen-bond donors (Lipinski definition) is 2. The quantitative estimate of drug-likeness (QED) is 0.697. The van der Waals surface area contributed by atoms with Gasteiger partial charge in [-0.1, -0.05) is 48.5 Å². The predicted molar refractivity (Wildman–Crippen MR) is 87.9 cm³/mol. The lowest BCUT2D eigenvalue weighted by molar-refractivity contribution is -0.117. The van der Waals surface area contributed by atoms with Crippen molar-refractivity contribution in [3.63, 3.8) is 0 Å². The second kappa shape index (κ2) is 8.85. The van der Waals surface area contributed by atoms with Crippen LogP contribution in [0.3, 0.4) is 0 Å². The first-order valence-electron chi connectivity index (χ1n) is 7.49. The molecule has 0 aromatic heterocycles. The fraction of sp³-hybridized carbons (Fsp3) is 0.278. The Morgan fingerprint density at radius 1 is 1.00 bits per heavy atom. The van der Waals surface area contributed by atoms with E-state index in [4.69, 9.17) is 10.5 Å². The average Bonchev–Trinajstić information content (AvgIpc) is 2.53. The van der Waals surface area contributed by atoms with Crippen LogP contribution in [0.15, 0.2) is 54.6 Å². The molecule has 4 heteroatoms. The summed E-state index contributed by atoms with van der Waals surface area (Å²) in [5.74, 6) is 0.615. The van der Waals surface area contributed by atoms with Crippen molar-refractivity contribution in [3.8, 4) is 5.75 Å². The zero-order valence-corrected chi connectivity index (χ0v) is 12.6. The summed E-state index contributed by atoms with van der Waals surface area (Å²) in [4.78, 5) is 10.6. The van der Waals surface area contributed by atoms with E-state index < -0.39 is 0 Å². The van der Waals surface area contributed by atoms with Crippen molar-refractivity contribution in [2.45, 2.75) is 12.8 Å². The molecular weight excluding hydrogens is 276 g/mol. The number of hydrogen-bond acceptors (Lipinski definition) is 3. The highest BCUT2D eigenvalue weighted by atomic mass is 16.5. The highest BCUT2D eigenvalue weighted by molar-refractivity contribution is 5.73. The molecule has 0 aliphatic rings. The standard InChI is InChI=1S/C18H22N2O2/c19-18(21)10-11-20-12-13-22-17-9-5-4-8-16(17)14-15-6-2-1-3-7-15/h1-9,20H,10-14H2,(H2,19,21). The molecule has 1 amide bonds. The number of primary amides is 1. The highest BCUT2D eigenvalue weighted by Crippen LogP contribution is 2.21. The summed E-state index contributed by atoms with van der Waals surface area (Å²) in [6.07, 6.45) is 1.21. The molecule has 0 aliphatic carbocycles. The van der Waals surface area contributed by atoms with Gasteiger partial charge in [0.25, 0.3) is 0 Å². The monoisotopic (exact) mass is 298 g/mol. The Morgan fingerprint density at radius 3 is 2.50 bits per heavy atom. The topological polar surface area (TPSA) is 64.4 Å². The maximum atomic E-state index is 10.6. The molecule has 0 radical (unpaired) electrons.